The molecule has 20 heavy (non-hydrogen) atoms. The van der Waals surface area contributed by atoms with Crippen LogP contribution in [0.5, 0.6) is 0 Å². The third-order valence-electron chi connectivity index (χ3n) is 3.66. The molecule has 1 unspecified atom stereocenters. The van der Waals surface area contributed by atoms with Crippen LogP contribution >= 0.6 is 0 Å². The zero-order valence-corrected chi connectivity index (χ0v) is 12.0. The Morgan fingerprint density at radius 1 is 1.25 bits per heavy atom. The molecule has 1 aromatic heterocycles. The first-order chi connectivity index (χ1) is 9.67. The van der Waals surface area contributed by atoms with Crippen LogP contribution in [0.3, 0.4) is 0 Å². The van der Waals surface area contributed by atoms with Gasteiger partial charge in [0.25, 0.3) is 0 Å². The standard InChI is InChI=1S/C16H21FN2O/c1-3-5-6-11(4-2)15-14(16(18)20-19-15)12-7-9-13(17)10-8-12/h7-11H,3-6,18H2,1-2H3. The zero-order valence-electron chi connectivity index (χ0n) is 12.0. The quantitative estimate of drug-likeness (QED) is 0.828. The van der Waals surface area contributed by atoms with Crippen molar-refractivity contribution in [2.24, 2.45) is 0 Å². The molecule has 2 rings (SSSR count). The number of hydrogen-bond donors (Lipinski definition) is 1. The summed E-state index contributed by atoms with van der Waals surface area (Å²) in [7, 11) is 0. The molecule has 1 atom stereocenters. The highest BCUT2D eigenvalue weighted by molar-refractivity contribution is 5.75. The molecule has 2 aromatic rings. The molecule has 3 nitrogen and oxygen atoms in total. The van der Waals surface area contributed by atoms with Crippen molar-refractivity contribution >= 4 is 5.88 Å². The molecular weight excluding hydrogens is 255 g/mol. The van der Waals surface area contributed by atoms with Crippen molar-refractivity contribution in [3.05, 3.63) is 35.8 Å². The van der Waals surface area contributed by atoms with E-state index >= 15 is 0 Å². The van der Waals surface area contributed by atoms with Gasteiger partial charge in [0.1, 0.15) is 5.82 Å². The van der Waals surface area contributed by atoms with Crippen LogP contribution in [0.15, 0.2) is 28.8 Å². The van der Waals surface area contributed by atoms with Crippen LogP contribution in [0.25, 0.3) is 11.1 Å². The maximum atomic E-state index is 13.1. The molecule has 108 valence electrons. The Kier molecular flexibility index (Phi) is 4.77. The van der Waals surface area contributed by atoms with Gasteiger partial charge in [-0.1, -0.05) is 44.0 Å². The number of nitrogens with zero attached hydrogens (tertiary/aromatic N) is 1. The van der Waals surface area contributed by atoms with E-state index in [-0.39, 0.29) is 5.82 Å². The topological polar surface area (TPSA) is 52.0 Å². The van der Waals surface area contributed by atoms with Gasteiger partial charge in [0.2, 0.25) is 5.88 Å². The highest BCUT2D eigenvalue weighted by atomic mass is 19.1. The molecule has 0 aliphatic carbocycles. The summed E-state index contributed by atoms with van der Waals surface area (Å²) in [4.78, 5) is 0. The first-order valence-corrected chi connectivity index (χ1v) is 7.18. The minimum atomic E-state index is -0.261. The molecule has 0 aliphatic rings. The molecular formula is C16H21FN2O. The molecule has 0 saturated carbocycles. The van der Waals surface area contributed by atoms with Gasteiger partial charge >= 0.3 is 0 Å². The van der Waals surface area contributed by atoms with Gasteiger partial charge in [-0.2, -0.15) is 0 Å². The third-order valence-corrected chi connectivity index (χ3v) is 3.66. The van der Waals surface area contributed by atoms with Gasteiger partial charge in [0.15, 0.2) is 0 Å². The summed E-state index contributed by atoms with van der Waals surface area (Å²) >= 11 is 0. The van der Waals surface area contributed by atoms with Gasteiger partial charge in [0.05, 0.1) is 11.3 Å². The molecule has 0 amide bonds. The van der Waals surface area contributed by atoms with Crippen LogP contribution < -0.4 is 5.73 Å². The lowest BCUT2D eigenvalue weighted by molar-refractivity contribution is 0.412. The van der Waals surface area contributed by atoms with Crippen molar-refractivity contribution in [1.82, 2.24) is 5.16 Å². The Labute approximate surface area is 119 Å². The fourth-order valence-corrected chi connectivity index (χ4v) is 2.49. The largest absolute Gasteiger partial charge is 0.367 e. The summed E-state index contributed by atoms with van der Waals surface area (Å²) in [5.74, 6) is 0.376. The second kappa shape index (κ2) is 6.55. The number of halogens is 1. The van der Waals surface area contributed by atoms with E-state index in [0.717, 1.165) is 42.5 Å². The molecule has 0 bridgehead atoms. The number of nitrogen functional groups attached to an aromatic ring is 1. The molecule has 2 N–H and O–H groups in total. The Bertz CT molecular complexity index is 548. The second-order valence-corrected chi connectivity index (χ2v) is 5.06. The van der Waals surface area contributed by atoms with Crippen molar-refractivity contribution in [1.29, 1.82) is 0 Å². The number of nitrogens with two attached hydrogens (primary N) is 1. The van der Waals surface area contributed by atoms with Crippen LogP contribution in [0, 0.1) is 5.82 Å². The van der Waals surface area contributed by atoms with Gasteiger partial charge in [-0.3, -0.25) is 0 Å². The number of unbranched alkanes of at least 4 members (excludes halogenated alkanes) is 1. The fourth-order valence-electron chi connectivity index (χ4n) is 2.49. The Hall–Kier alpha value is -1.84. The van der Waals surface area contributed by atoms with Crippen LogP contribution in [-0.2, 0) is 0 Å². The average molecular weight is 276 g/mol. The van der Waals surface area contributed by atoms with Gasteiger partial charge in [-0.05, 0) is 30.5 Å². The maximum Gasteiger partial charge on any atom is 0.230 e. The average Bonchev–Trinajstić information content (AvgIpc) is 2.83. The van der Waals surface area contributed by atoms with Crippen LogP contribution in [0.2, 0.25) is 0 Å². The van der Waals surface area contributed by atoms with E-state index in [0.29, 0.717) is 11.8 Å². The molecule has 0 aliphatic heterocycles. The minimum absolute atomic E-state index is 0.261. The van der Waals surface area contributed by atoms with E-state index in [2.05, 4.69) is 19.0 Å². The van der Waals surface area contributed by atoms with Crippen LogP contribution in [-0.4, -0.2) is 5.16 Å². The highest BCUT2D eigenvalue weighted by Crippen LogP contribution is 2.37. The van der Waals surface area contributed by atoms with Crippen molar-refractivity contribution in [3.8, 4) is 11.1 Å². The van der Waals surface area contributed by atoms with E-state index in [4.69, 9.17) is 10.3 Å². The van der Waals surface area contributed by atoms with E-state index in [1.54, 1.807) is 12.1 Å². The Morgan fingerprint density at radius 2 is 1.95 bits per heavy atom. The van der Waals surface area contributed by atoms with Gasteiger partial charge in [-0.15, -0.1) is 0 Å². The molecule has 1 heterocycles. The summed E-state index contributed by atoms with van der Waals surface area (Å²) in [5.41, 5.74) is 8.47. The summed E-state index contributed by atoms with van der Waals surface area (Å²) in [6.45, 7) is 4.31. The van der Waals surface area contributed by atoms with E-state index < -0.39 is 0 Å². The minimum Gasteiger partial charge on any atom is -0.367 e. The first-order valence-electron chi connectivity index (χ1n) is 7.18. The monoisotopic (exact) mass is 276 g/mol. The van der Waals surface area contributed by atoms with Crippen molar-refractivity contribution in [3.63, 3.8) is 0 Å². The summed E-state index contributed by atoms with van der Waals surface area (Å²) in [6, 6.07) is 6.29. The lowest BCUT2D eigenvalue weighted by Gasteiger charge is -2.13. The normalized spacial score (nSPS) is 12.6. The van der Waals surface area contributed by atoms with Gasteiger partial charge in [0, 0.05) is 5.92 Å². The third kappa shape index (κ3) is 3.00. The Balaban J connectivity index is 2.37. The maximum absolute atomic E-state index is 13.1. The van der Waals surface area contributed by atoms with Gasteiger partial charge < -0.3 is 10.3 Å². The smallest absolute Gasteiger partial charge is 0.230 e. The Morgan fingerprint density at radius 3 is 2.55 bits per heavy atom. The van der Waals surface area contributed by atoms with Crippen LogP contribution in [0.4, 0.5) is 10.3 Å². The number of rotatable bonds is 6. The molecule has 0 radical (unpaired) electrons. The molecule has 0 saturated heterocycles. The van der Waals surface area contributed by atoms with Gasteiger partial charge in [-0.25, -0.2) is 4.39 Å². The molecule has 4 heteroatoms. The number of anilines is 1. The highest BCUT2D eigenvalue weighted by Gasteiger charge is 2.22. The van der Waals surface area contributed by atoms with Crippen molar-refractivity contribution in [2.75, 3.05) is 5.73 Å². The van der Waals surface area contributed by atoms with E-state index in [1.165, 1.54) is 12.1 Å². The van der Waals surface area contributed by atoms with Crippen molar-refractivity contribution < 1.29 is 8.91 Å². The zero-order chi connectivity index (χ0) is 14.5. The number of hydrogen-bond acceptors (Lipinski definition) is 3. The van der Waals surface area contributed by atoms with Crippen molar-refractivity contribution in [2.45, 2.75) is 45.4 Å². The summed E-state index contributed by atoms with van der Waals surface area (Å²) < 4.78 is 18.2. The lowest BCUT2D eigenvalue weighted by Crippen LogP contribution is -2.00. The first kappa shape index (κ1) is 14.6. The van der Waals surface area contributed by atoms with Crippen LogP contribution in [0.1, 0.15) is 51.1 Å². The lowest BCUT2D eigenvalue weighted by atomic mass is 9.91. The SMILES string of the molecule is CCCCC(CC)c1noc(N)c1-c1ccc(F)cc1. The molecule has 0 spiro atoms. The summed E-state index contributed by atoms with van der Waals surface area (Å²) in [5, 5.41) is 4.14. The molecule has 1 aromatic carbocycles. The number of aromatic nitrogens is 1. The summed E-state index contributed by atoms with van der Waals surface area (Å²) in [6.07, 6.45) is 4.34. The molecule has 0 fully saturated rings. The number of benzene rings is 1. The predicted molar refractivity (Wildman–Crippen MR) is 78.9 cm³/mol. The predicted octanol–water partition coefficient (Wildman–Crippen LogP) is 4.75. The van der Waals surface area contributed by atoms with E-state index in [1.807, 2.05) is 0 Å². The second-order valence-electron chi connectivity index (χ2n) is 5.06. The van der Waals surface area contributed by atoms with E-state index in [9.17, 15) is 4.39 Å². The fraction of sp³-hybridized carbons (Fsp3) is 0.438.